The molecule has 0 aliphatic rings. The first-order valence-corrected chi connectivity index (χ1v) is 10.6. The van der Waals surface area contributed by atoms with Crippen molar-refractivity contribution in [3.63, 3.8) is 0 Å². The zero-order valence-corrected chi connectivity index (χ0v) is 19.0. The number of carbonyl (C=O) groups is 2. The fourth-order valence-corrected chi connectivity index (χ4v) is 3.25. The first-order chi connectivity index (χ1) is 13.8. The highest BCUT2D eigenvalue weighted by molar-refractivity contribution is 9.10. The van der Waals surface area contributed by atoms with Crippen molar-refractivity contribution < 1.29 is 14.3 Å². The van der Waals surface area contributed by atoms with Crippen LogP contribution in [0.5, 0.6) is 5.75 Å². The Morgan fingerprint density at radius 3 is 2.48 bits per heavy atom. The summed E-state index contributed by atoms with van der Waals surface area (Å²) in [5.74, 6) is 0.600. The van der Waals surface area contributed by atoms with Crippen LogP contribution in [0.2, 0.25) is 0 Å². The first kappa shape index (κ1) is 22.9. The van der Waals surface area contributed by atoms with E-state index in [0.29, 0.717) is 24.8 Å². The maximum Gasteiger partial charge on any atom is 0.261 e. The summed E-state index contributed by atoms with van der Waals surface area (Å²) in [6.07, 6.45) is 0. The molecule has 0 aliphatic carbocycles. The van der Waals surface area contributed by atoms with Gasteiger partial charge >= 0.3 is 0 Å². The van der Waals surface area contributed by atoms with Crippen LogP contribution in [0.3, 0.4) is 0 Å². The zero-order chi connectivity index (χ0) is 21.4. The van der Waals surface area contributed by atoms with Crippen LogP contribution in [-0.2, 0) is 16.1 Å². The maximum absolute atomic E-state index is 13.0. The Balaban J connectivity index is 2.14. The largest absolute Gasteiger partial charge is 0.484 e. The Kier molecular flexibility index (Phi) is 8.70. The van der Waals surface area contributed by atoms with Crippen LogP contribution in [-0.4, -0.2) is 35.9 Å². The van der Waals surface area contributed by atoms with Crippen LogP contribution in [0.15, 0.2) is 53.0 Å². The lowest BCUT2D eigenvalue weighted by Crippen LogP contribution is -2.49. The number of hydrogen-bond donors (Lipinski definition) is 1. The third-order valence-electron chi connectivity index (χ3n) is 4.54. The highest BCUT2D eigenvalue weighted by Gasteiger charge is 2.26. The third kappa shape index (κ3) is 7.20. The van der Waals surface area contributed by atoms with Gasteiger partial charge < -0.3 is 15.0 Å². The van der Waals surface area contributed by atoms with Crippen molar-refractivity contribution in [3.05, 3.63) is 64.1 Å². The predicted octanol–water partition coefficient (Wildman–Crippen LogP) is 4.33. The highest BCUT2D eigenvalue weighted by Crippen LogP contribution is 2.18. The topological polar surface area (TPSA) is 58.6 Å². The minimum atomic E-state index is -0.610. The molecule has 0 saturated heterocycles. The summed E-state index contributed by atoms with van der Waals surface area (Å²) >= 11 is 3.46. The van der Waals surface area contributed by atoms with Gasteiger partial charge in [-0.2, -0.15) is 0 Å². The van der Waals surface area contributed by atoms with Gasteiger partial charge in [-0.05, 0) is 49.1 Å². The number of nitrogens with zero attached hydrogens (tertiary/aromatic N) is 1. The van der Waals surface area contributed by atoms with Crippen molar-refractivity contribution in [1.29, 1.82) is 0 Å². The number of para-hydroxylation sites is 1. The smallest absolute Gasteiger partial charge is 0.261 e. The van der Waals surface area contributed by atoms with E-state index in [1.807, 2.05) is 69.3 Å². The summed E-state index contributed by atoms with van der Waals surface area (Å²) in [5, 5.41) is 2.91. The van der Waals surface area contributed by atoms with Crippen molar-refractivity contribution in [2.75, 3.05) is 13.2 Å². The molecule has 0 unspecified atom stereocenters. The molecule has 1 atom stereocenters. The molecule has 0 aromatic heterocycles. The average Bonchev–Trinajstić information content (AvgIpc) is 2.69. The standard InChI is InChI=1S/C23H29BrN2O3/c1-16(2)13-25-23(28)18(4)26(14-19-9-7-10-20(24)12-19)22(27)15-29-21-11-6-5-8-17(21)3/h5-12,16,18H,13-15H2,1-4H3,(H,25,28)/t18-/m0/s1. The van der Waals surface area contributed by atoms with Crippen LogP contribution in [0.25, 0.3) is 0 Å². The van der Waals surface area contributed by atoms with Gasteiger partial charge in [-0.3, -0.25) is 9.59 Å². The summed E-state index contributed by atoms with van der Waals surface area (Å²) in [7, 11) is 0. The molecule has 2 rings (SSSR count). The predicted molar refractivity (Wildman–Crippen MR) is 119 cm³/mol. The molecule has 156 valence electrons. The summed E-state index contributed by atoms with van der Waals surface area (Å²) in [5.41, 5.74) is 1.90. The van der Waals surface area contributed by atoms with E-state index < -0.39 is 6.04 Å². The molecule has 0 fully saturated rings. The lowest BCUT2D eigenvalue weighted by Gasteiger charge is -2.29. The Morgan fingerprint density at radius 1 is 1.10 bits per heavy atom. The quantitative estimate of drug-likeness (QED) is 0.605. The van der Waals surface area contributed by atoms with Gasteiger partial charge in [0.15, 0.2) is 6.61 Å². The van der Waals surface area contributed by atoms with Gasteiger partial charge in [-0.25, -0.2) is 0 Å². The lowest BCUT2D eigenvalue weighted by molar-refractivity contribution is -0.142. The Bertz CT molecular complexity index is 838. The number of rotatable bonds is 9. The van der Waals surface area contributed by atoms with Gasteiger partial charge in [0.25, 0.3) is 5.91 Å². The fraction of sp³-hybridized carbons (Fsp3) is 0.391. The summed E-state index contributed by atoms with van der Waals surface area (Å²) in [4.78, 5) is 27.2. The van der Waals surface area contributed by atoms with E-state index in [-0.39, 0.29) is 18.4 Å². The Hall–Kier alpha value is -2.34. The molecule has 2 aromatic carbocycles. The molecule has 0 radical (unpaired) electrons. The lowest BCUT2D eigenvalue weighted by atomic mass is 10.1. The maximum atomic E-state index is 13.0. The van der Waals surface area contributed by atoms with Crippen LogP contribution in [0.1, 0.15) is 31.9 Å². The number of aryl methyl sites for hydroxylation is 1. The highest BCUT2D eigenvalue weighted by atomic mass is 79.9. The number of carbonyl (C=O) groups excluding carboxylic acids is 2. The number of amides is 2. The van der Waals surface area contributed by atoms with Crippen molar-refractivity contribution in [2.45, 2.75) is 40.3 Å². The molecule has 2 aromatic rings. The summed E-state index contributed by atoms with van der Waals surface area (Å²) < 4.78 is 6.66. The molecule has 6 heteroatoms. The normalized spacial score (nSPS) is 11.8. The number of halogens is 1. The molecular formula is C23H29BrN2O3. The Morgan fingerprint density at radius 2 is 1.83 bits per heavy atom. The zero-order valence-electron chi connectivity index (χ0n) is 17.4. The van der Waals surface area contributed by atoms with Gasteiger partial charge in [0.05, 0.1) is 0 Å². The molecular weight excluding hydrogens is 432 g/mol. The fourth-order valence-electron chi connectivity index (χ4n) is 2.81. The molecule has 0 saturated carbocycles. The van der Waals surface area contributed by atoms with E-state index in [0.717, 1.165) is 15.6 Å². The third-order valence-corrected chi connectivity index (χ3v) is 5.03. The number of ether oxygens (including phenoxy) is 1. The SMILES string of the molecule is Cc1ccccc1OCC(=O)N(Cc1cccc(Br)c1)[C@@H](C)C(=O)NCC(C)C. The molecule has 29 heavy (non-hydrogen) atoms. The van der Waals surface area contributed by atoms with Crippen molar-refractivity contribution in [2.24, 2.45) is 5.92 Å². The number of nitrogens with one attached hydrogen (secondary N) is 1. The van der Waals surface area contributed by atoms with Crippen LogP contribution in [0.4, 0.5) is 0 Å². The number of hydrogen-bond acceptors (Lipinski definition) is 3. The summed E-state index contributed by atoms with van der Waals surface area (Å²) in [6.45, 7) is 8.52. The second kappa shape index (κ2) is 11.0. The second-order valence-corrected chi connectivity index (χ2v) is 8.44. The van der Waals surface area contributed by atoms with Crippen molar-refractivity contribution in [1.82, 2.24) is 10.2 Å². The Labute approximate surface area is 181 Å². The van der Waals surface area contributed by atoms with Gasteiger partial charge in [0.1, 0.15) is 11.8 Å². The average molecular weight is 461 g/mol. The van der Waals surface area contributed by atoms with E-state index in [1.54, 1.807) is 11.8 Å². The minimum absolute atomic E-state index is 0.124. The van der Waals surface area contributed by atoms with Crippen LogP contribution >= 0.6 is 15.9 Å². The number of benzene rings is 2. The van der Waals surface area contributed by atoms with Crippen molar-refractivity contribution >= 4 is 27.7 Å². The molecule has 0 heterocycles. The molecule has 0 spiro atoms. The second-order valence-electron chi connectivity index (χ2n) is 7.52. The van der Waals surface area contributed by atoms with E-state index in [4.69, 9.17) is 4.74 Å². The van der Waals surface area contributed by atoms with E-state index >= 15 is 0 Å². The molecule has 0 aliphatic heterocycles. The molecule has 0 bridgehead atoms. The van der Waals surface area contributed by atoms with Crippen LogP contribution < -0.4 is 10.1 Å². The van der Waals surface area contributed by atoms with Gasteiger partial charge in [-0.15, -0.1) is 0 Å². The molecule has 5 nitrogen and oxygen atoms in total. The van der Waals surface area contributed by atoms with E-state index in [9.17, 15) is 9.59 Å². The molecule has 2 amide bonds. The monoisotopic (exact) mass is 460 g/mol. The van der Waals surface area contributed by atoms with Gasteiger partial charge in [0.2, 0.25) is 5.91 Å². The molecule has 1 N–H and O–H groups in total. The van der Waals surface area contributed by atoms with Crippen LogP contribution in [0, 0.1) is 12.8 Å². The van der Waals surface area contributed by atoms with Crippen molar-refractivity contribution in [3.8, 4) is 5.75 Å². The van der Waals surface area contributed by atoms with E-state index in [2.05, 4.69) is 21.2 Å². The first-order valence-electron chi connectivity index (χ1n) is 9.78. The summed E-state index contributed by atoms with van der Waals surface area (Å²) in [6, 6.07) is 14.7. The van der Waals surface area contributed by atoms with Gasteiger partial charge in [-0.1, -0.05) is 60.1 Å². The minimum Gasteiger partial charge on any atom is -0.484 e. The van der Waals surface area contributed by atoms with E-state index in [1.165, 1.54) is 0 Å². The van der Waals surface area contributed by atoms with Gasteiger partial charge in [0, 0.05) is 17.6 Å².